The second-order valence-electron chi connectivity index (χ2n) is 5.92. The van der Waals surface area contributed by atoms with Gasteiger partial charge in [0, 0.05) is 25.7 Å². The molecule has 2 N–H and O–H groups in total. The highest BCUT2D eigenvalue weighted by Gasteiger charge is 2.22. The number of ether oxygens (including phenoxy) is 1. The van der Waals surface area contributed by atoms with Crippen LogP contribution in [-0.4, -0.2) is 36.7 Å². The van der Waals surface area contributed by atoms with Gasteiger partial charge in [-0.2, -0.15) is 0 Å². The van der Waals surface area contributed by atoms with Crippen LogP contribution in [0.2, 0.25) is 0 Å². The number of halogens is 1. The van der Waals surface area contributed by atoms with E-state index in [9.17, 15) is 4.39 Å². The van der Waals surface area contributed by atoms with Gasteiger partial charge in [0.2, 0.25) is 0 Å². The standard InChI is InChI=1S/C16H25FN2O/c1-11-4-5-14(8-15(11)17)16(18)6-7-19-9-12(2)20-13(3)10-19/h4-5,8,12-13,16H,6-7,9-10,18H2,1-3H3. The molecule has 3 nitrogen and oxygen atoms in total. The molecule has 0 radical (unpaired) electrons. The SMILES string of the molecule is Cc1ccc(C(N)CCN2CC(C)OC(C)C2)cc1F. The minimum atomic E-state index is -0.174. The number of hydrogen-bond donors (Lipinski definition) is 1. The molecule has 1 saturated heterocycles. The van der Waals surface area contributed by atoms with Gasteiger partial charge in [-0.1, -0.05) is 12.1 Å². The lowest BCUT2D eigenvalue weighted by atomic mass is 10.0. The second kappa shape index (κ2) is 6.66. The number of hydrogen-bond acceptors (Lipinski definition) is 3. The highest BCUT2D eigenvalue weighted by molar-refractivity contribution is 5.25. The molecule has 1 aromatic carbocycles. The Balaban J connectivity index is 1.88. The van der Waals surface area contributed by atoms with E-state index in [1.54, 1.807) is 19.1 Å². The highest BCUT2D eigenvalue weighted by atomic mass is 19.1. The first-order valence-electron chi connectivity index (χ1n) is 7.35. The van der Waals surface area contributed by atoms with E-state index in [0.717, 1.165) is 31.6 Å². The number of benzene rings is 1. The normalized spacial score (nSPS) is 25.6. The Morgan fingerprint density at radius 3 is 2.60 bits per heavy atom. The van der Waals surface area contributed by atoms with Crippen LogP contribution in [0.15, 0.2) is 18.2 Å². The summed E-state index contributed by atoms with van der Waals surface area (Å²) < 4.78 is 19.3. The summed E-state index contributed by atoms with van der Waals surface area (Å²) in [6.45, 7) is 8.77. The molecule has 1 aliphatic heterocycles. The van der Waals surface area contributed by atoms with E-state index in [1.807, 2.05) is 6.07 Å². The third kappa shape index (κ3) is 4.01. The van der Waals surface area contributed by atoms with E-state index in [-0.39, 0.29) is 24.1 Å². The molecule has 2 rings (SSSR count). The first-order valence-corrected chi connectivity index (χ1v) is 7.35. The molecule has 0 saturated carbocycles. The van der Waals surface area contributed by atoms with Gasteiger partial charge >= 0.3 is 0 Å². The lowest BCUT2D eigenvalue weighted by Crippen LogP contribution is -2.46. The van der Waals surface area contributed by atoms with Crippen molar-refractivity contribution in [3.05, 3.63) is 35.1 Å². The summed E-state index contributed by atoms with van der Waals surface area (Å²) in [5.41, 5.74) is 7.72. The summed E-state index contributed by atoms with van der Waals surface area (Å²) in [4.78, 5) is 2.38. The number of nitrogens with zero attached hydrogens (tertiary/aromatic N) is 1. The molecule has 3 unspecified atom stereocenters. The molecule has 0 aromatic heterocycles. The number of aryl methyl sites for hydroxylation is 1. The Bertz CT molecular complexity index is 442. The zero-order valence-electron chi connectivity index (χ0n) is 12.6. The first-order chi connectivity index (χ1) is 9.45. The maximum Gasteiger partial charge on any atom is 0.126 e. The summed E-state index contributed by atoms with van der Waals surface area (Å²) >= 11 is 0. The lowest BCUT2D eigenvalue weighted by molar-refractivity contribution is -0.0684. The third-order valence-corrected chi connectivity index (χ3v) is 3.88. The van der Waals surface area contributed by atoms with Crippen molar-refractivity contribution >= 4 is 0 Å². The Labute approximate surface area is 120 Å². The maximum atomic E-state index is 13.6. The molecule has 1 fully saturated rings. The van der Waals surface area contributed by atoms with Crippen molar-refractivity contribution in [1.82, 2.24) is 4.90 Å². The summed E-state index contributed by atoms with van der Waals surface area (Å²) in [5.74, 6) is -0.174. The van der Waals surface area contributed by atoms with Crippen LogP contribution in [0.4, 0.5) is 4.39 Å². The lowest BCUT2D eigenvalue weighted by Gasteiger charge is -2.35. The third-order valence-electron chi connectivity index (χ3n) is 3.88. The van der Waals surface area contributed by atoms with E-state index in [1.165, 1.54) is 0 Å². The minimum Gasteiger partial charge on any atom is -0.373 e. The Morgan fingerprint density at radius 1 is 1.35 bits per heavy atom. The van der Waals surface area contributed by atoms with Gasteiger partial charge in [-0.3, -0.25) is 4.90 Å². The van der Waals surface area contributed by atoms with E-state index in [2.05, 4.69) is 18.7 Å². The average Bonchev–Trinajstić information content (AvgIpc) is 2.38. The molecule has 4 heteroatoms. The van der Waals surface area contributed by atoms with Crippen LogP contribution in [-0.2, 0) is 4.74 Å². The molecule has 1 aliphatic rings. The van der Waals surface area contributed by atoms with Gasteiger partial charge < -0.3 is 10.5 Å². The zero-order chi connectivity index (χ0) is 14.7. The largest absolute Gasteiger partial charge is 0.373 e. The summed E-state index contributed by atoms with van der Waals surface area (Å²) in [6.07, 6.45) is 1.38. The van der Waals surface area contributed by atoms with Gasteiger partial charge in [0.1, 0.15) is 5.82 Å². The predicted octanol–water partition coefficient (Wildman–Crippen LogP) is 2.63. The minimum absolute atomic E-state index is 0.112. The van der Waals surface area contributed by atoms with E-state index >= 15 is 0 Å². The zero-order valence-corrected chi connectivity index (χ0v) is 12.6. The van der Waals surface area contributed by atoms with Crippen LogP contribution >= 0.6 is 0 Å². The van der Waals surface area contributed by atoms with Crippen LogP contribution < -0.4 is 5.73 Å². The monoisotopic (exact) mass is 280 g/mol. The van der Waals surface area contributed by atoms with Crippen molar-refractivity contribution in [2.45, 2.75) is 45.4 Å². The van der Waals surface area contributed by atoms with Crippen molar-refractivity contribution in [3.8, 4) is 0 Å². The van der Waals surface area contributed by atoms with Crippen molar-refractivity contribution in [2.24, 2.45) is 5.73 Å². The Kier molecular flexibility index (Phi) is 5.13. The van der Waals surface area contributed by atoms with Crippen molar-refractivity contribution in [1.29, 1.82) is 0 Å². The van der Waals surface area contributed by atoms with E-state index in [0.29, 0.717) is 5.56 Å². The van der Waals surface area contributed by atoms with Gasteiger partial charge in [0.05, 0.1) is 12.2 Å². The number of morpholine rings is 1. The summed E-state index contributed by atoms with van der Waals surface area (Å²) in [6, 6.07) is 5.17. The molecule has 3 atom stereocenters. The molecule has 1 heterocycles. The summed E-state index contributed by atoms with van der Waals surface area (Å²) in [7, 11) is 0. The molecule has 0 amide bonds. The Hall–Kier alpha value is -0.970. The fourth-order valence-electron chi connectivity index (χ4n) is 2.80. The highest BCUT2D eigenvalue weighted by Crippen LogP contribution is 2.19. The Morgan fingerprint density at radius 2 is 2.00 bits per heavy atom. The van der Waals surface area contributed by atoms with E-state index in [4.69, 9.17) is 10.5 Å². The summed E-state index contributed by atoms with van der Waals surface area (Å²) in [5, 5.41) is 0. The second-order valence-corrected chi connectivity index (χ2v) is 5.92. The van der Waals surface area contributed by atoms with Crippen LogP contribution in [0, 0.1) is 12.7 Å². The van der Waals surface area contributed by atoms with Gasteiger partial charge in [-0.25, -0.2) is 4.39 Å². The molecule has 0 bridgehead atoms. The van der Waals surface area contributed by atoms with Gasteiger partial charge in [0.15, 0.2) is 0 Å². The van der Waals surface area contributed by atoms with Crippen LogP contribution in [0.5, 0.6) is 0 Å². The average molecular weight is 280 g/mol. The molecule has 0 aliphatic carbocycles. The van der Waals surface area contributed by atoms with Gasteiger partial charge in [-0.05, 0) is 44.4 Å². The maximum absolute atomic E-state index is 13.6. The van der Waals surface area contributed by atoms with Crippen LogP contribution in [0.3, 0.4) is 0 Å². The number of nitrogens with two attached hydrogens (primary N) is 1. The van der Waals surface area contributed by atoms with Crippen LogP contribution in [0.1, 0.15) is 37.4 Å². The quantitative estimate of drug-likeness (QED) is 0.921. The van der Waals surface area contributed by atoms with Crippen LogP contribution in [0.25, 0.3) is 0 Å². The molecular weight excluding hydrogens is 255 g/mol. The molecule has 0 spiro atoms. The molecule has 1 aromatic rings. The van der Waals surface area contributed by atoms with Gasteiger partial charge in [-0.15, -0.1) is 0 Å². The first kappa shape index (κ1) is 15.4. The predicted molar refractivity (Wildman–Crippen MR) is 79.1 cm³/mol. The molecule has 112 valence electrons. The topological polar surface area (TPSA) is 38.5 Å². The van der Waals surface area contributed by atoms with Gasteiger partial charge in [0.25, 0.3) is 0 Å². The molecule has 20 heavy (non-hydrogen) atoms. The van der Waals surface area contributed by atoms with Crippen molar-refractivity contribution < 1.29 is 9.13 Å². The fraction of sp³-hybridized carbons (Fsp3) is 0.625. The fourth-order valence-corrected chi connectivity index (χ4v) is 2.80. The van der Waals surface area contributed by atoms with Crippen molar-refractivity contribution in [3.63, 3.8) is 0 Å². The number of rotatable bonds is 4. The molecular formula is C16H25FN2O. The van der Waals surface area contributed by atoms with E-state index < -0.39 is 0 Å². The van der Waals surface area contributed by atoms with Crippen molar-refractivity contribution in [2.75, 3.05) is 19.6 Å². The smallest absolute Gasteiger partial charge is 0.126 e.